The molecule has 1 aromatic heterocycles. The number of para-hydroxylation sites is 1. The summed E-state index contributed by atoms with van der Waals surface area (Å²) in [5.41, 5.74) is 2.01. The van der Waals surface area contributed by atoms with E-state index in [1.165, 1.54) is 0 Å². The molecule has 0 spiro atoms. The molecule has 0 atom stereocenters. The number of aryl methyl sites for hydroxylation is 1. The first-order valence-corrected chi connectivity index (χ1v) is 9.76. The Morgan fingerprint density at radius 3 is 2.36 bits per heavy atom. The minimum Gasteiger partial charge on any atom is -0.339 e. The topological polar surface area (TPSA) is 69.6 Å². The molecule has 1 aliphatic rings. The highest BCUT2D eigenvalue weighted by molar-refractivity contribution is 5.93. The quantitative estimate of drug-likeness (QED) is 0.767. The third-order valence-corrected chi connectivity index (χ3v) is 5.06. The lowest BCUT2D eigenvalue weighted by atomic mass is 10.1. The summed E-state index contributed by atoms with van der Waals surface area (Å²) in [4.78, 5) is 39.1. The number of hydrogen-bond acceptors (Lipinski definition) is 5. The first kappa shape index (κ1) is 19.8. The van der Waals surface area contributed by atoms with Crippen LogP contribution in [0.3, 0.4) is 0 Å². The first-order valence-electron chi connectivity index (χ1n) is 9.76. The van der Waals surface area contributed by atoms with Crippen LogP contribution in [0.2, 0.25) is 0 Å². The van der Waals surface area contributed by atoms with Gasteiger partial charge in [0.2, 0.25) is 17.8 Å². The number of piperazine rings is 1. The zero-order chi connectivity index (χ0) is 19.9. The van der Waals surface area contributed by atoms with Gasteiger partial charge in [0.15, 0.2) is 0 Å². The van der Waals surface area contributed by atoms with Gasteiger partial charge in [-0.3, -0.25) is 9.59 Å². The molecule has 0 radical (unpaired) electrons. The Kier molecular flexibility index (Phi) is 6.57. The van der Waals surface area contributed by atoms with E-state index < -0.39 is 0 Å². The van der Waals surface area contributed by atoms with Crippen molar-refractivity contribution >= 4 is 23.5 Å². The van der Waals surface area contributed by atoms with Gasteiger partial charge in [-0.05, 0) is 24.1 Å². The van der Waals surface area contributed by atoms with E-state index in [1.807, 2.05) is 29.2 Å². The molecule has 0 N–H and O–H groups in total. The molecule has 1 saturated heterocycles. The van der Waals surface area contributed by atoms with Crippen LogP contribution >= 0.6 is 0 Å². The fourth-order valence-corrected chi connectivity index (χ4v) is 3.50. The van der Waals surface area contributed by atoms with Crippen molar-refractivity contribution in [3.05, 3.63) is 48.3 Å². The lowest BCUT2D eigenvalue weighted by molar-refractivity contribution is -0.131. The number of anilines is 2. The number of nitrogens with zero attached hydrogens (tertiary/aromatic N) is 5. The summed E-state index contributed by atoms with van der Waals surface area (Å²) < 4.78 is 0. The predicted octanol–water partition coefficient (Wildman–Crippen LogP) is 2.13. The fourth-order valence-electron chi connectivity index (χ4n) is 3.50. The van der Waals surface area contributed by atoms with Gasteiger partial charge in [-0.15, -0.1) is 0 Å². The van der Waals surface area contributed by atoms with Gasteiger partial charge in [0.05, 0.1) is 0 Å². The standard InChI is InChI=1S/C21H27N5O2/c1-3-18-7-4-5-8-19(18)26(17(2)27)12-9-20(28)24-13-15-25(16-14-24)21-22-10-6-11-23-21/h4-8,10-11H,3,9,12-16H2,1-2H3. The Hall–Kier alpha value is -2.96. The van der Waals surface area contributed by atoms with Crippen molar-refractivity contribution in [1.29, 1.82) is 0 Å². The highest BCUT2D eigenvalue weighted by Gasteiger charge is 2.23. The number of benzene rings is 1. The predicted molar refractivity (Wildman–Crippen MR) is 109 cm³/mol. The largest absolute Gasteiger partial charge is 0.339 e. The molecule has 7 nitrogen and oxygen atoms in total. The Balaban J connectivity index is 1.56. The second-order valence-corrected chi connectivity index (χ2v) is 6.82. The van der Waals surface area contributed by atoms with Gasteiger partial charge >= 0.3 is 0 Å². The van der Waals surface area contributed by atoms with E-state index in [9.17, 15) is 9.59 Å². The summed E-state index contributed by atoms with van der Waals surface area (Å²) >= 11 is 0. The summed E-state index contributed by atoms with van der Waals surface area (Å²) in [5.74, 6) is 0.738. The molecule has 7 heteroatoms. The van der Waals surface area contributed by atoms with E-state index in [1.54, 1.807) is 30.3 Å². The molecule has 2 amide bonds. The molecule has 3 rings (SSSR count). The van der Waals surface area contributed by atoms with E-state index in [0.29, 0.717) is 45.1 Å². The van der Waals surface area contributed by atoms with E-state index in [-0.39, 0.29) is 11.8 Å². The van der Waals surface area contributed by atoms with Gasteiger partial charge < -0.3 is 14.7 Å². The summed E-state index contributed by atoms with van der Waals surface area (Å²) in [6, 6.07) is 9.67. The third kappa shape index (κ3) is 4.65. The number of hydrogen-bond donors (Lipinski definition) is 0. The van der Waals surface area contributed by atoms with Gasteiger partial charge in [0.1, 0.15) is 0 Å². The van der Waals surface area contributed by atoms with Crippen LogP contribution in [-0.2, 0) is 16.0 Å². The minimum absolute atomic E-state index is 0.0419. The SMILES string of the molecule is CCc1ccccc1N(CCC(=O)N1CCN(c2ncccn2)CC1)C(C)=O. The second kappa shape index (κ2) is 9.30. The van der Waals surface area contributed by atoms with Crippen molar-refractivity contribution < 1.29 is 9.59 Å². The highest BCUT2D eigenvalue weighted by Crippen LogP contribution is 2.22. The normalized spacial score (nSPS) is 14.1. The maximum Gasteiger partial charge on any atom is 0.225 e. The van der Waals surface area contributed by atoms with Crippen molar-refractivity contribution in [2.24, 2.45) is 0 Å². The molecule has 0 bridgehead atoms. The molecule has 148 valence electrons. The van der Waals surface area contributed by atoms with Crippen LogP contribution in [-0.4, -0.2) is 59.4 Å². The zero-order valence-electron chi connectivity index (χ0n) is 16.5. The van der Waals surface area contributed by atoms with Crippen LogP contribution < -0.4 is 9.80 Å². The van der Waals surface area contributed by atoms with Crippen molar-refractivity contribution in [3.63, 3.8) is 0 Å². The van der Waals surface area contributed by atoms with Gasteiger partial charge in [0, 0.05) is 64.1 Å². The molecule has 2 heterocycles. The summed E-state index contributed by atoms with van der Waals surface area (Å²) in [6.45, 7) is 6.72. The van der Waals surface area contributed by atoms with Crippen molar-refractivity contribution in [2.45, 2.75) is 26.7 Å². The summed E-state index contributed by atoms with van der Waals surface area (Å²) in [5, 5.41) is 0. The van der Waals surface area contributed by atoms with Crippen molar-refractivity contribution in [1.82, 2.24) is 14.9 Å². The van der Waals surface area contributed by atoms with Crippen LogP contribution in [0.25, 0.3) is 0 Å². The summed E-state index contributed by atoms with van der Waals surface area (Å²) in [7, 11) is 0. The molecule has 28 heavy (non-hydrogen) atoms. The molecule has 0 aliphatic carbocycles. The van der Waals surface area contributed by atoms with E-state index in [4.69, 9.17) is 0 Å². The van der Waals surface area contributed by atoms with Crippen LogP contribution in [0.4, 0.5) is 11.6 Å². The number of rotatable bonds is 6. The summed E-state index contributed by atoms with van der Waals surface area (Å²) in [6.07, 6.45) is 4.62. The number of aromatic nitrogens is 2. The molecule has 0 saturated carbocycles. The Bertz CT molecular complexity index is 803. The van der Waals surface area contributed by atoms with Gasteiger partial charge in [-0.25, -0.2) is 9.97 Å². The first-order chi connectivity index (χ1) is 13.6. The maximum absolute atomic E-state index is 12.7. The highest BCUT2D eigenvalue weighted by atomic mass is 16.2. The molecule has 1 fully saturated rings. The van der Waals surface area contributed by atoms with Gasteiger partial charge in [0.25, 0.3) is 0 Å². The Morgan fingerprint density at radius 1 is 1.04 bits per heavy atom. The van der Waals surface area contributed by atoms with E-state index in [0.717, 1.165) is 17.7 Å². The smallest absolute Gasteiger partial charge is 0.225 e. The van der Waals surface area contributed by atoms with E-state index in [2.05, 4.69) is 21.8 Å². The zero-order valence-corrected chi connectivity index (χ0v) is 16.5. The lowest BCUT2D eigenvalue weighted by Crippen LogP contribution is -2.49. The molecule has 2 aromatic rings. The maximum atomic E-state index is 12.7. The van der Waals surface area contributed by atoms with Gasteiger partial charge in [-0.2, -0.15) is 0 Å². The van der Waals surface area contributed by atoms with Crippen LogP contribution in [0.15, 0.2) is 42.7 Å². The average Bonchev–Trinajstić information content (AvgIpc) is 2.74. The molecular weight excluding hydrogens is 354 g/mol. The molecule has 1 aliphatic heterocycles. The van der Waals surface area contributed by atoms with Gasteiger partial charge in [-0.1, -0.05) is 25.1 Å². The molecule has 1 aromatic carbocycles. The Labute approximate surface area is 166 Å². The third-order valence-electron chi connectivity index (χ3n) is 5.06. The minimum atomic E-state index is -0.0419. The fraction of sp³-hybridized carbons (Fsp3) is 0.429. The number of carbonyl (C=O) groups is 2. The monoisotopic (exact) mass is 381 g/mol. The van der Waals surface area contributed by atoms with Crippen LogP contribution in [0.1, 0.15) is 25.8 Å². The van der Waals surface area contributed by atoms with Crippen LogP contribution in [0, 0.1) is 0 Å². The molecular formula is C21H27N5O2. The second-order valence-electron chi connectivity index (χ2n) is 6.82. The molecule has 0 unspecified atom stereocenters. The average molecular weight is 381 g/mol. The van der Waals surface area contributed by atoms with E-state index >= 15 is 0 Å². The lowest BCUT2D eigenvalue weighted by Gasteiger charge is -2.35. The van der Waals surface area contributed by atoms with Crippen molar-refractivity contribution in [2.75, 3.05) is 42.5 Å². The number of amides is 2. The number of carbonyl (C=O) groups excluding carboxylic acids is 2. The van der Waals surface area contributed by atoms with Crippen molar-refractivity contribution in [3.8, 4) is 0 Å². The van der Waals surface area contributed by atoms with Crippen LogP contribution in [0.5, 0.6) is 0 Å². The Morgan fingerprint density at radius 2 is 1.71 bits per heavy atom.